The Kier molecular flexibility index (Phi) is 4.77. The SMILES string of the molecule is CN(C)c1ccc(/C=C2\C(=O)NC(=O)N(c3ccccc3Cl)C2=O)cc1. The maximum absolute atomic E-state index is 12.8. The number of hydrogen-bond acceptors (Lipinski definition) is 4. The zero-order chi connectivity index (χ0) is 18.8. The summed E-state index contributed by atoms with van der Waals surface area (Å²) in [5.74, 6) is -1.46. The molecule has 0 aromatic heterocycles. The third-order valence-electron chi connectivity index (χ3n) is 3.92. The Hall–Kier alpha value is -3.12. The number of imide groups is 2. The third-order valence-corrected chi connectivity index (χ3v) is 4.24. The predicted molar refractivity (Wildman–Crippen MR) is 101 cm³/mol. The van der Waals surface area contributed by atoms with Crippen LogP contribution in [0.3, 0.4) is 0 Å². The van der Waals surface area contributed by atoms with Crippen LogP contribution in [0.2, 0.25) is 5.02 Å². The van der Waals surface area contributed by atoms with Crippen molar-refractivity contribution in [3.63, 3.8) is 0 Å². The van der Waals surface area contributed by atoms with Gasteiger partial charge in [-0.05, 0) is 35.9 Å². The maximum atomic E-state index is 12.8. The van der Waals surface area contributed by atoms with E-state index in [9.17, 15) is 14.4 Å². The Bertz CT molecular complexity index is 920. The van der Waals surface area contributed by atoms with Crippen molar-refractivity contribution in [3.8, 4) is 0 Å². The number of halogens is 1. The summed E-state index contributed by atoms with van der Waals surface area (Å²) in [6, 6.07) is 12.9. The quantitative estimate of drug-likeness (QED) is 0.666. The number of anilines is 2. The molecule has 1 aliphatic rings. The Balaban J connectivity index is 1.99. The first kappa shape index (κ1) is 17.7. The molecule has 3 rings (SSSR count). The van der Waals surface area contributed by atoms with Gasteiger partial charge in [0.05, 0.1) is 10.7 Å². The van der Waals surface area contributed by atoms with Gasteiger partial charge in [0.1, 0.15) is 5.57 Å². The lowest BCUT2D eigenvalue weighted by Crippen LogP contribution is -2.54. The van der Waals surface area contributed by atoms with Crippen LogP contribution >= 0.6 is 11.6 Å². The van der Waals surface area contributed by atoms with Crippen LogP contribution in [0.25, 0.3) is 6.08 Å². The van der Waals surface area contributed by atoms with Gasteiger partial charge in [-0.3, -0.25) is 14.9 Å². The van der Waals surface area contributed by atoms with Gasteiger partial charge in [0, 0.05) is 19.8 Å². The number of rotatable bonds is 3. The number of carbonyl (C=O) groups excluding carboxylic acids is 3. The fourth-order valence-corrected chi connectivity index (χ4v) is 2.76. The van der Waals surface area contributed by atoms with E-state index in [1.807, 2.05) is 31.1 Å². The Morgan fingerprint density at radius 3 is 2.27 bits per heavy atom. The predicted octanol–water partition coefficient (Wildman–Crippen LogP) is 3.07. The highest BCUT2D eigenvalue weighted by atomic mass is 35.5. The van der Waals surface area contributed by atoms with Crippen LogP contribution in [0.4, 0.5) is 16.2 Å². The molecule has 26 heavy (non-hydrogen) atoms. The minimum absolute atomic E-state index is 0.137. The molecule has 0 atom stereocenters. The van der Waals surface area contributed by atoms with E-state index in [0.29, 0.717) is 5.56 Å². The van der Waals surface area contributed by atoms with E-state index >= 15 is 0 Å². The first-order chi connectivity index (χ1) is 12.4. The molecule has 0 bridgehead atoms. The van der Waals surface area contributed by atoms with E-state index in [2.05, 4.69) is 5.32 Å². The summed E-state index contributed by atoms with van der Waals surface area (Å²) < 4.78 is 0. The average Bonchev–Trinajstić information content (AvgIpc) is 2.60. The fraction of sp³-hybridized carbons (Fsp3) is 0.105. The summed E-state index contributed by atoms with van der Waals surface area (Å²) in [6.45, 7) is 0. The molecule has 0 saturated carbocycles. The lowest BCUT2D eigenvalue weighted by molar-refractivity contribution is -0.122. The van der Waals surface area contributed by atoms with Crippen LogP contribution in [-0.2, 0) is 9.59 Å². The van der Waals surface area contributed by atoms with Crippen molar-refractivity contribution in [2.24, 2.45) is 0 Å². The van der Waals surface area contributed by atoms with Crippen molar-refractivity contribution in [3.05, 3.63) is 64.7 Å². The Morgan fingerprint density at radius 1 is 1.00 bits per heavy atom. The molecule has 1 N–H and O–H groups in total. The summed E-state index contributed by atoms with van der Waals surface area (Å²) in [4.78, 5) is 39.9. The van der Waals surface area contributed by atoms with Crippen LogP contribution in [0.5, 0.6) is 0 Å². The fourth-order valence-electron chi connectivity index (χ4n) is 2.54. The zero-order valence-electron chi connectivity index (χ0n) is 14.2. The summed E-state index contributed by atoms with van der Waals surface area (Å²) in [6.07, 6.45) is 1.45. The number of benzene rings is 2. The van der Waals surface area contributed by atoms with Gasteiger partial charge in [-0.25, -0.2) is 9.69 Å². The summed E-state index contributed by atoms with van der Waals surface area (Å²) in [7, 11) is 3.83. The number of para-hydroxylation sites is 1. The highest BCUT2D eigenvalue weighted by molar-refractivity contribution is 6.42. The third kappa shape index (κ3) is 3.32. The highest BCUT2D eigenvalue weighted by Crippen LogP contribution is 2.28. The van der Waals surface area contributed by atoms with Crippen molar-refractivity contribution in [2.75, 3.05) is 23.9 Å². The smallest absolute Gasteiger partial charge is 0.335 e. The molecular weight excluding hydrogens is 354 g/mol. The van der Waals surface area contributed by atoms with Gasteiger partial charge in [-0.15, -0.1) is 0 Å². The molecule has 4 amide bonds. The zero-order valence-corrected chi connectivity index (χ0v) is 14.9. The second-order valence-electron chi connectivity index (χ2n) is 5.90. The number of carbonyl (C=O) groups is 3. The van der Waals surface area contributed by atoms with Crippen LogP contribution in [0.1, 0.15) is 5.56 Å². The van der Waals surface area contributed by atoms with Gasteiger partial charge < -0.3 is 4.90 Å². The number of barbiturate groups is 1. The lowest BCUT2D eigenvalue weighted by Gasteiger charge is -2.27. The molecule has 0 radical (unpaired) electrons. The Morgan fingerprint density at radius 2 is 1.65 bits per heavy atom. The number of urea groups is 1. The highest BCUT2D eigenvalue weighted by Gasteiger charge is 2.37. The van der Waals surface area contributed by atoms with Crippen LogP contribution < -0.4 is 15.1 Å². The summed E-state index contributed by atoms with van der Waals surface area (Å²) in [5, 5.41) is 2.41. The molecule has 1 heterocycles. The van der Waals surface area contributed by atoms with Gasteiger partial charge >= 0.3 is 6.03 Å². The molecule has 1 saturated heterocycles. The van der Waals surface area contributed by atoms with Crippen molar-refractivity contribution in [2.45, 2.75) is 0 Å². The maximum Gasteiger partial charge on any atom is 0.335 e. The molecule has 0 spiro atoms. The van der Waals surface area contributed by atoms with Crippen molar-refractivity contribution in [1.29, 1.82) is 0 Å². The molecule has 2 aromatic rings. The molecule has 1 fully saturated rings. The number of amides is 4. The van der Waals surface area contributed by atoms with E-state index in [1.165, 1.54) is 6.08 Å². The second-order valence-corrected chi connectivity index (χ2v) is 6.30. The van der Waals surface area contributed by atoms with Gasteiger partial charge in [-0.1, -0.05) is 35.9 Å². The summed E-state index contributed by atoms with van der Waals surface area (Å²) >= 11 is 6.10. The average molecular weight is 370 g/mol. The van der Waals surface area contributed by atoms with Gasteiger partial charge in [0.15, 0.2) is 0 Å². The molecule has 132 valence electrons. The molecule has 1 aliphatic heterocycles. The van der Waals surface area contributed by atoms with Crippen LogP contribution in [-0.4, -0.2) is 31.9 Å². The van der Waals surface area contributed by atoms with E-state index in [0.717, 1.165) is 10.6 Å². The molecule has 0 aliphatic carbocycles. The van der Waals surface area contributed by atoms with E-state index in [4.69, 9.17) is 11.6 Å². The van der Waals surface area contributed by atoms with Crippen LogP contribution in [0.15, 0.2) is 54.1 Å². The molecule has 6 nitrogen and oxygen atoms in total. The monoisotopic (exact) mass is 369 g/mol. The number of nitrogens with one attached hydrogen (secondary N) is 1. The summed E-state index contributed by atoms with van der Waals surface area (Å²) in [5.41, 5.74) is 1.74. The van der Waals surface area contributed by atoms with E-state index < -0.39 is 17.8 Å². The van der Waals surface area contributed by atoms with Crippen molar-refractivity contribution >= 4 is 46.9 Å². The molecule has 0 unspecified atom stereocenters. The first-order valence-electron chi connectivity index (χ1n) is 7.82. The van der Waals surface area contributed by atoms with Gasteiger partial charge in [0.2, 0.25) is 0 Å². The second kappa shape index (κ2) is 7.01. The standard InChI is InChI=1S/C19H16ClN3O3/c1-22(2)13-9-7-12(8-10-13)11-14-17(24)21-19(26)23(18(14)25)16-6-4-3-5-15(16)20/h3-11H,1-2H3,(H,21,24,26)/b14-11+. The lowest BCUT2D eigenvalue weighted by atomic mass is 10.1. The minimum Gasteiger partial charge on any atom is -0.378 e. The van der Waals surface area contributed by atoms with E-state index in [1.54, 1.807) is 36.4 Å². The van der Waals surface area contributed by atoms with Gasteiger partial charge in [-0.2, -0.15) is 0 Å². The van der Waals surface area contributed by atoms with Crippen LogP contribution in [0, 0.1) is 0 Å². The van der Waals surface area contributed by atoms with E-state index in [-0.39, 0.29) is 16.3 Å². The first-order valence-corrected chi connectivity index (χ1v) is 8.19. The Labute approximate surface area is 155 Å². The molecule has 2 aromatic carbocycles. The minimum atomic E-state index is -0.826. The largest absolute Gasteiger partial charge is 0.378 e. The van der Waals surface area contributed by atoms with Crippen molar-refractivity contribution in [1.82, 2.24) is 5.32 Å². The number of hydrogen-bond donors (Lipinski definition) is 1. The molecule has 7 heteroatoms. The topological polar surface area (TPSA) is 69.7 Å². The van der Waals surface area contributed by atoms with Gasteiger partial charge in [0.25, 0.3) is 11.8 Å². The normalized spacial score (nSPS) is 16.0. The number of nitrogens with zero attached hydrogens (tertiary/aromatic N) is 2. The molecular formula is C19H16ClN3O3. The van der Waals surface area contributed by atoms with Crippen molar-refractivity contribution < 1.29 is 14.4 Å².